The van der Waals surface area contributed by atoms with Crippen LogP contribution in [0.1, 0.15) is 127 Å². The first kappa shape index (κ1) is 26.7. The zero-order valence-electron chi connectivity index (χ0n) is 24.2. The molecule has 2 fully saturated rings. The molecule has 0 heterocycles. The van der Waals surface area contributed by atoms with Gasteiger partial charge in [-0.25, -0.2) is 0 Å². The lowest BCUT2D eigenvalue weighted by atomic mass is 9.43. The minimum Gasteiger partial charge on any atom is -0.393 e. The number of nitrogens with one attached hydrogen (secondary N) is 1. The molecule has 0 radical (unpaired) electrons. The molecular weight excluding hydrogens is 414 g/mol. The quantitative estimate of drug-likeness (QED) is 0.367. The average molecular weight is 472 g/mol. The van der Waals surface area contributed by atoms with Gasteiger partial charge in [-0.2, -0.15) is 0 Å². The number of allylic oxidation sites excluding steroid dienone is 2. The third-order valence-electron chi connectivity index (χ3n) is 12.7. The van der Waals surface area contributed by atoms with Crippen LogP contribution in [0.15, 0.2) is 11.1 Å². The van der Waals surface area contributed by atoms with Crippen LogP contribution in [-0.4, -0.2) is 23.8 Å². The van der Waals surface area contributed by atoms with E-state index in [0.717, 1.165) is 24.8 Å². The lowest BCUT2D eigenvalue weighted by Gasteiger charge is -2.62. The highest BCUT2D eigenvalue weighted by atomic mass is 16.3. The summed E-state index contributed by atoms with van der Waals surface area (Å²) in [7, 11) is 0. The normalized spacial score (nSPS) is 43.3. The highest BCUT2D eigenvalue weighted by molar-refractivity contribution is 5.38. The molecule has 0 saturated heterocycles. The Kier molecular flexibility index (Phi) is 7.23. The fourth-order valence-electron chi connectivity index (χ4n) is 10.2. The molecule has 0 bridgehead atoms. The molecule has 196 valence electrons. The van der Waals surface area contributed by atoms with E-state index in [0.29, 0.717) is 34.1 Å². The number of aliphatic hydroxyl groups is 1. The Morgan fingerprint density at radius 2 is 1.59 bits per heavy atom. The highest BCUT2D eigenvalue weighted by Crippen LogP contribution is 2.72. The zero-order valence-corrected chi connectivity index (χ0v) is 24.2. The lowest BCUT2D eigenvalue weighted by Crippen LogP contribution is -2.55. The zero-order chi connectivity index (χ0) is 25.1. The predicted octanol–water partition coefficient (Wildman–Crippen LogP) is 8.15. The average Bonchev–Trinajstić information content (AvgIpc) is 3.05. The number of rotatable bonds is 7. The van der Waals surface area contributed by atoms with Gasteiger partial charge in [0.25, 0.3) is 0 Å². The fraction of sp³-hybridized carbons (Fsp3) is 0.938. The second-order valence-corrected chi connectivity index (χ2v) is 14.7. The summed E-state index contributed by atoms with van der Waals surface area (Å²) in [6.45, 7) is 23.3. The molecule has 8 atom stereocenters. The molecule has 2 saturated carbocycles. The molecular formula is C32H57NO. The van der Waals surface area contributed by atoms with Gasteiger partial charge in [-0.3, -0.25) is 0 Å². The van der Waals surface area contributed by atoms with Crippen molar-refractivity contribution in [3.05, 3.63) is 11.1 Å². The second kappa shape index (κ2) is 9.20. The number of aliphatic hydroxyl groups excluding tert-OH is 1. The molecule has 0 spiro atoms. The van der Waals surface area contributed by atoms with Crippen LogP contribution in [0.25, 0.3) is 0 Å². The molecule has 2 N–H and O–H groups in total. The van der Waals surface area contributed by atoms with Crippen molar-refractivity contribution in [1.82, 2.24) is 5.32 Å². The van der Waals surface area contributed by atoms with E-state index in [4.69, 9.17) is 0 Å². The molecule has 2 heteroatoms. The van der Waals surface area contributed by atoms with Gasteiger partial charge in [-0.1, -0.05) is 73.5 Å². The van der Waals surface area contributed by atoms with Crippen molar-refractivity contribution in [2.45, 2.75) is 139 Å². The van der Waals surface area contributed by atoms with Crippen LogP contribution in [0.5, 0.6) is 0 Å². The van der Waals surface area contributed by atoms with Crippen LogP contribution >= 0.6 is 0 Å². The van der Waals surface area contributed by atoms with Crippen LogP contribution in [0.4, 0.5) is 0 Å². The van der Waals surface area contributed by atoms with E-state index < -0.39 is 0 Å². The molecule has 0 aromatic rings. The largest absolute Gasteiger partial charge is 0.393 e. The van der Waals surface area contributed by atoms with Gasteiger partial charge in [0, 0.05) is 6.04 Å². The Bertz CT molecular complexity index is 782. The predicted molar refractivity (Wildman–Crippen MR) is 146 cm³/mol. The van der Waals surface area contributed by atoms with E-state index in [2.05, 4.69) is 67.6 Å². The number of hydrogen-bond acceptors (Lipinski definition) is 2. The summed E-state index contributed by atoms with van der Waals surface area (Å²) < 4.78 is 0. The topological polar surface area (TPSA) is 32.3 Å². The molecule has 4 rings (SSSR count). The molecule has 0 amide bonds. The Hall–Kier alpha value is -0.340. The van der Waals surface area contributed by atoms with E-state index in [-0.39, 0.29) is 11.5 Å². The van der Waals surface area contributed by atoms with Crippen molar-refractivity contribution in [3.63, 3.8) is 0 Å². The standard InChI is InChI=1S/C32H57NO/c1-10-33-26(21(2)3)13-11-22(4)23-15-19-32(9)25-12-14-27-29(5,6)28(34)17-18-30(27,7)24(25)16-20-31(23,32)8/h21-23,26-28,33-34H,10-20H2,1-9H3/t22?,23?,26?,27?,28-,30?,31?,32-/m0/s1. The molecule has 0 aromatic heterocycles. The Morgan fingerprint density at radius 1 is 0.882 bits per heavy atom. The van der Waals surface area contributed by atoms with E-state index in [9.17, 15) is 5.11 Å². The Labute approximate surface area is 212 Å². The lowest BCUT2D eigenvalue weighted by molar-refractivity contribution is -0.0962. The summed E-state index contributed by atoms with van der Waals surface area (Å²) in [5, 5.41) is 14.6. The van der Waals surface area contributed by atoms with Gasteiger partial charge in [0.2, 0.25) is 0 Å². The van der Waals surface area contributed by atoms with Gasteiger partial charge in [0.05, 0.1) is 6.10 Å². The summed E-state index contributed by atoms with van der Waals surface area (Å²) in [6.07, 6.45) is 12.8. The maximum atomic E-state index is 10.9. The smallest absolute Gasteiger partial charge is 0.0594 e. The molecule has 0 aromatic carbocycles. The monoisotopic (exact) mass is 471 g/mol. The van der Waals surface area contributed by atoms with Crippen LogP contribution in [0, 0.1) is 45.3 Å². The van der Waals surface area contributed by atoms with Gasteiger partial charge >= 0.3 is 0 Å². The fourth-order valence-corrected chi connectivity index (χ4v) is 10.2. The van der Waals surface area contributed by atoms with Crippen LogP contribution in [0.3, 0.4) is 0 Å². The molecule has 4 aliphatic carbocycles. The van der Waals surface area contributed by atoms with Crippen LogP contribution in [-0.2, 0) is 0 Å². The van der Waals surface area contributed by atoms with E-state index in [1.807, 2.05) is 11.1 Å². The van der Waals surface area contributed by atoms with E-state index in [1.165, 1.54) is 57.8 Å². The summed E-state index contributed by atoms with van der Waals surface area (Å²) in [6, 6.07) is 0.661. The second-order valence-electron chi connectivity index (χ2n) is 14.7. The van der Waals surface area contributed by atoms with Crippen LogP contribution < -0.4 is 5.32 Å². The third kappa shape index (κ3) is 3.87. The van der Waals surface area contributed by atoms with Crippen molar-refractivity contribution < 1.29 is 5.11 Å². The summed E-state index contributed by atoms with van der Waals surface area (Å²) >= 11 is 0. The highest BCUT2D eigenvalue weighted by Gasteiger charge is 2.63. The van der Waals surface area contributed by atoms with Crippen molar-refractivity contribution >= 4 is 0 Å². The number of fused-ring (bicyclic) bond motifs is 4. The van der Waals surface area contributed by atoms with Crippen molar-refractivity contribution in [2.75, 3.05) is 6.54 Å². The van der Waals surface area contributed by atoms with Crippen molar-refractivity contribution in [2.24, 2.45) is 45.3 Å². The first-order valence-electron chi connectivity index (χ1n) is 15.0. The summed E-state index contributed by atoms with van der Waals surface area (Å²) in [5.41, 5.74) is 4.91. The van der Waals surface area contributed by atoms with Gasteiger partial charge in [0.15, 0.2) is 0 Å². The van der Waals surface area contributed by atoms with E-state index >= 15 is 0 Å². The Morgan fingerprint density at radius 3 is 2.24 bits per heavy atom. The molecule has 2 nitrogen and oxygen atoms in total. The molecule has 0 aliphatic heterocycles. The number of hydrogen-bond donors (Lipinski definition) is 2. The maximum absolute atomic E-state index is 10.9. The first-order chi connectivity index (χ1) is 15.8. The summed E-state index contributed by atoms with van der Waals surface area (Å²) in [5.74, 6) is 3.01. The van der Waals surface area contributed by atoms with Gasteiger partial charge in [-0.15, -0.1) is 0 Å². The SMILES string of the molecule is CCNC(CCC(C)C1CC[C@@]2(C)C3=C(CCC12C)C1(C)CC[C@H](O)C(C)(C)C1CC3)C(C)C. The third-order valence-corrected chi connectivity index (χ3v) is 12.7. The van der Waals surface area contributed by atoms with Crippen molar-refractivity contribution in [1.29, 1.82) is 0 Å². The van der Waals surface area contributed by atoms with Crippen molar-refractivity contribution in [3.8, 4) is 0 Å². The Balaban J connectivity index is 1.58. The van der Waals surface area contributed by atoms with Gasteiger partial charge < -0.3 is 10.4 Å². The minimum absolute atomic E-state index is 0.0411. The van der Waals surface area contributed by atoms with E-state index in [1.54, 1.807) is 0 Å². The maximum Gasteiger partial charge on any atom is 0.0594 e. The molecule has 34 heavy (non-hydrogen) atoms. The first-order valence-corrected chi connectivity index (χ1v) is 15.0. The summed E-state index contributed by atoms with van der Waals surface area (Å²) in [4.78, 5) is 0. The molecule has 4 aliphatic rings. The van der Waals surface area contributed by atoms with Crippen LogP contribution in [0.2, 0.25) is 0 Å². The minimum atomic E-state index is -0.134. The van der Waals surface area contributed by atoms with Gasteiger partial charge in [-0.05, 0) is 116 Å². The molecule has 6 unspecified atom stereocenters. The van der Waals surface area contributed by atoms with Gasteiger partial charge in [0.1, 0.15) is 0 Å².